The minimum absolute atomic E-state index is 0.161. The molecule has 1 aliphatic heterocycles. The summed E-state index contributed by atoms with van der Waals surface area (Å²) >= 11 is 3.38. The van der Waals surface area contributed by atoms with Crippen LogP contribution in [0.4, 0.5) is 10.5 Å². The van der Waals surface area contributed by atoms with E-state index < -0.39 is 0 Å². The second kappa shape index (κ2) is 10.8. The van der Waals surface area contributed by atoms with Gasteiger partial charge in [0.1, 0.15) is 0 Å². The number of likely N-dealkylation sites (tertiary alicyclic amines) is 1. The zero-order chi connectivity index (χ0) is 22.3. The third-order valence-electron chi connectivity index (χ3n) is 5.75. The molecule has 2 aromatic heterocycles. The first-order valence-corrected chi connectivity index (χ1v) is 12.6. The Balaban J connectivity index is 1.31. The van der Waals surface area contributed by atoms with Crippen LogP contribution in [0.1, 0.15) is 39.0 Å². The van der Waals surface area contributed by atoms with Crippen LogP contribution in [-0.2, 0) is 6.54 Å². The van der Waals surface area contributed by atoms with Gasteiger partial charge in [-0.1, -0.05) is 18.2 Å². The van der Waals surface area contributed by atoms with E-state index in [0.717, 1.165) is 24.3 Å². The predicted molar refractivity (Wildman–Crippen MR) is 131 cm³/mol. The lowest BCUT2D eigenvalue weighted by Crippen LogP contribution is -2.42. The van der Waals surface area contributed by atoms with Gasteiger partial charge in [0.2, 0.25) is 0 Å². The van der Waals surface area contributed by atoms with Gasteiger partial charge in [-0.25, -0.2) is 4.79 Å². The van der Waals surface area contributed by atoms with Gasteiger partial charge in [0, 0.05) is 33.6 Å². The summed E-state index contributed by atoms with van der Waals surface area (Å²) in [6.45, 7) is 2.18. The highest BCUT2D eigenvalue weighted by molar-refractivity contribution is 7.10. The van der Waals surface area contributed by atoms with Crippen molar-refractivity contribution < 1.29 is 9.59 Å². The lowest BCUT2D eigenvalue weighted by molar-refractivity contribution is 0.0951. The third-order valence-corrected chi connectivity index (χ3v) is 7.57. The fourth-order valence-corrected chi connectivity index (χ4v) is 5.83. The van der Waals surface area contributed by atoms with Crippen molar-refractivity contribution in [3.05, 3.63) is 74.6 Å². The van der Waals surface area contributed by atoms with Crippen LogP contribution in [0.3, 0.4) is 0 Å². The molecule has 1 aromatic carbocycles. The molecule has 1 saturated heterocycles. The Morgan fingerprint density at radius 1 is 1.06 bits per heavy atom. The number of nitrogens with zero attached hydrogens (tertiary/aromatic N) is 1. The summed E-state index contributed by atoms with van der Waals surface area (Å²) in [5, 5.41) is 12.9. The van der Waals surface area contributed by atoms with Crippen LogP contribution >= 0.6 is 22.7 Å². The number of carbonyl (C=O) groups excluding carboxylic acids is 2. The Hall–Kier alpha value is -2.68. The van der Waals surface area contributed by atoms with Crippen molar-refractivity contribution in [2.45, 2.75) is 25.4 Å². The molecule has 0 bridgehead atoms. The Morgan fingerprint density at radius 2 is 1.91 bits per heavy atom. The molecule has 168 valence electrons. The summed E-state index contributed by atoms with van der Waals surface area (Å²) < 4.78 is 0. The quantitative estimate of drug-likeness (QED) is 0.460. The molecule has 3 heterocycles. The standard InChI is InChI=1S/C24H28N4O2S2/c1-28-11-3-7-18(22(28)21-10-5-13-32-21)15-26-24(30)27-19-8-2-6-17(14-19)23(29)25-16-20-9-4-12-31-20/h2,4-6,8-10,12-14,18,22H,3,7,11,15-16H2,1H3,(H,25,29)(H2,26,27,30). The van der Waals surface area contributed by atoms with Gasteiger partial charge in [-0.3, -0.25) is 9.69 Å². The van der Waals surface area contributed by atoms with E-state index in [1.165, 1.54) is 4.88 Å². The van der Waals surface area contributed by atoms with Gasteiger partial charge in [-0.05, 0) is 73.4 Å². The summed E-state index contributed by atoms with van der Waals surface area (Å²) in [5.41, 5.74) is 1.12. The highest BCUT2D eigenvalue weighted by atomic mass is 32.1. The molecule has 3 aromatic rings. The van der Waals surface area contributed by atoms with Crippen LogP contribution in [0.5, 0.6) is 0 Å². The largest absolute Gasteiger partial charge is 0.347 e. The number of anilines is 1. The Labute approximate surface area is 196 Å². The van der Waals surface area contributed by atoms with Gasteiger partial charge in [0.25, 0.3) is 5.91 Å². The fraction of sp³-hybridized carbons (Fsp3) is 0.333. The number of piperidine rings is 1. The molecule has 2 unspecified atom stereocenters. The van der Waals surface area contributed by atoms with Crippen LogP contribution < -0.4 is 16.0 Å². The zero-order valence-corrected chi connectivity index (χ0v) is 19.7. The van der Waals surface area contributed by atoms with Crippen molar-refractivity contribution in [3.8, 4) is 0 Å². The first kappa shape index (κ1) is 22.5. The van der Waals surface area contributed by atoms with E-state index in [4.69, 9.17) is 0 Å². The molecule has 1 aliphatic rings. The number of nitrogens with one attached hydrogen (secondary N) is 3. The SMILES string of the molecule is CN1CCCC(CNC(=O)Nc2cccc(C(=O)NCc3cccs3)c2)C1c1cccs1. The molecule has 4 rings (SSSR count). The average molecular weight is 469 g/mol. The van der Waals surface area contributed by atoms with Gasteiger partial charge in [-0.15, -0.1) is 22.7 Å². The average Bonchev–Trinajstić information content (AvgIpc) is 3.50. The lowest BCUT2D eigenvalue weighted by Gasteiger charge is -2.38. The van der Waals surface area contributed by atoms with E-state index in [-0.39, 0.29) is 11.9 Å². The summed E-state index contributed by atoms with van der Waals surface area (Å²) in [6, 6.07) is 15.3. The van der Waals surface area contributed by atoms with E-state index in [9.17, 15) is 9.59 Å². The van der Waals surface area contributed by atoms with Crippen molar-refractivity contribution in [1.29, 1.82) is 0 Å². The molecule has 1 fully saturated rings. The first-order chi connectivity index (χ1) is 15.6. The molecular formula is C24H28N4O2S2. The first-order valence-electron chi connectivity index (χ1n) is 10.8. The number of hydrogen-bond donors (Lipinski definition) is 3. The number of amides is 3. The summed E-state index contributed by atoms with van der Waals surface area (Å²) in [6.07, 6.45) is 2.22. The maximum atomic E-state index is 12.6. The monoisotopic (exact) mass is 468 g/mol. The Morgan fingerprint density at radius 3 is 2.69 bits per heavy atom. The minimum Gasteiger partial charge on any atom is -0.347 e. The number of hydrogen-bond acceptors (Lipinski definition) is 5. The number of benzene rings is 1. The van der Waals surface area contributed by atoms with Crippen LogP contribution in [0.15, 0.2) is 59.3 Å². The van der Waals surface area contributed by atoms with Crippen molar-refractivity contribution in [3.63, 3.8) is 0 Å². The van der Waals surface area contributed by atoms with Crippen LogP contribution in [0.25, 0.3) is 0 Å². The summed E-state index contributed by atoms with van der Waals surface area (Å²) in [5.74, 6) is 0.207. The molecule has 6 nitrogen and oxygen atoms in total. The van der Waals surface area contributed by atoms with Crippen LogP contribution in [0, 0.1) is 5.92 Å². The van der Waals surface area contributed by atoms with Gasteiger partial charge in [0.05, 0.1) is 6.54 Å². The number of rotatable bonds is 7. The third kappa shape index (κ3) is 5.76. The number of urea groups is 1. The van der Waals surface area contributed by atoms with E-state index >= 15 is 0 Å². The molecule has 2 atom stereocenters. The molecule has 0 aliphatic carbocycles. The normalized spacial score (nSPS) is 18.8. The van der Waals surface area contributed by atoms with Crippen molar-refractivity contribution in [2.75, 3.05) is 25.5 Å². The van der Waals surface area contributed by atoms with Gasteiger partial charge < -0.3 is 16.0 Å². The van der Waals surface area contributed by atoms with E-state index in [2.05, 4.69) is 45.4 Å². The van der Waals surface area contributed by atoms with Crippen molar-refractivity contribution in [1.82, 2.24) is 15.5 Å². The van der Waals surface area contributed by atoms with Crippen molar-refractivity contribution >= 4 is 40.3 Å². The molecule has 32 heavy (non-hydrogen) atoms. The number of thiophene rings is 2. The molecule has 0 radical (unpaired) electrons. The second-order valence-corrected chi connectivity index (χ2v) is 10.0. The van der Waals surface area contributed by atoms with Crippen molar-refractivity contribution in [2.24, 2.45) is 5.92 Å². The second-order valence-electron chi connectivity index (χ2n) is 8.02. The van der Waals surface area contributed by atoms with Gasteiger partial charge in [-0.2, -0.15) is 0 Å². The lowest BCUT2D eigenvalue weighted by atomic mass is 9.88. The Kier molecular flexibility index (Phi) is 7.57. The molecule has 8 heteroatoms. The molecular weight excluding hydrogens is 440 g/mol. The minimum atomic E-state index is -0.251. The predicted octanol–water partition coefficient (Wildman–Crippen LogP) is 4.94. The highest BCUT2D eigenvalue weighted by Gasteiger charge is 2.31. The smallest absolute Gasteiger partial charge is 0.319 e. The maximum Gasteiger partial charge on any atom is 0.319 e. The van der Waals surface area contributed by atoms with E-state index in [1.807, 2.05) is 17.5 Å². The zero-order valence-electron chi connectivity index (χ0n) is 18.0. The molecule has 3 N–H and O–H groups in total. The Bertz CT molecular complexity index is 1020. The number of carbonyl (C=O) groups is 2. The van der Waals surface area contributed by atoms with Gasteiger partial charge in [0.15, 0.2) is 0 Å². The fourth-order valence-electron chi connectivity index (χ4n) is 4.20. The van der Waals surface area contributed by atoms with Crippen LogP contribution in [-0.4, -0.2) is 37.0 Å². The molecule has 3 amide bonds. The van der Waals surface area contributed by atoms with Crippen LogP contribution in [0.2, 0.25) is 0 Å². The van der Waals surface area contributed by atoms with E-state index in [1.54, 1.807) is 46.9 Å². The summed E-state index contributed by atoms with van der Waals surface area (Å²) in [7, 11) is 2.16. The summed E-state index contributed by atoms with van der Waals surface area (Å²) in [4.78, 5) is 29.8. The molecule has 0 saturated carbocycles. The van der Waals surface area contributed by atoms with Gasteiger partial charge >= 0.3 is 6.03 Å². The highest BCUT2D eigenvalue weighted by Crippen LogP contribution is 2.36. The van der Waals surface area contributed by atoms with E-state index in [0.29, 0.717) is 36.3 Å². The molecule has 0 spiro atoms. The maximum absolute atomic E-state index is 12.6. The topological polar surface area (TPSA) is 73.5 Å².